The van der Waals surface area contributed by atoms with Crippen molar-refractivity contribution in [3.05, 3.63) is 23.8 Å². The molecule has 0 spiro atoms. The molecule has 0 amide bonds. The summed E-state index contributed by atoms with van der Waals surface area (Å²) in [5, 5.41) is 13.1. The summed E-state index contributed by atoms with van der Waals surface area (Å²) in [6.45, 7) is 2.07. The minimum Gasteiger partial charge on any atom is -0.508 e. The molecule has 1 unspecified atom stereocenters. The van der Waals surface area contributed by atoms with Crippen LogP contribution in [-0.4, -0.2) is 18.2 Å². The fraction of sp³-hybridized carbons (Fsp3) is 0.455. The highest BCUT2D eigenvalue weighted by atomic mass is 32.1. The zero-order chi connectivity index (χ0) is 9.97. The van der Waals surface area contributed by atoms with E-state index >= 15 is 0 Å². The summed E-state index contributed by atoms with van der Waals surface area (Å²) in [7, 11) is 0. The molecule has 1 aromatic carbocycles. The monoisotopic (exact) mass is 209 g/mol. The summed E-state index contributed by atoms with van der Waals surface area (Å²) in [5.41, 5.74) is 1.05. The van der Waals surface area contributed by atoms with Gasteiger partial charge in [-0.2, -0.15) is 0 Å². The Labute approximate surface area is 89.7 Å². The molecule has 76 valence electrons. The van der Waals surface area contributed by atoms with Crippen molar-refractivity contribution in [1.82, 2.24) is 5.32 Å². The van der Waals surface area contributed by atoms with Gasteiger partial charge in [0, 0.05) is 17.4 Å². The molecule has 0 radical (unpaired) electrons. The van der Waals surface area contributed by atoms with Crippen LogP contribution in [0, 0.1) is 0 Å². The number of hydrogen-bond acceptors (Lipinski definition) is 3. The summed E-state index contributed by atoms with van der Waals surface area (Å²) in [4.78, 5) is 0.815. The Morgan fingerprint density at radius 2 is 2.29 bits per heavy atom. The summed E-state index contributed by atoms with van der Waals surface area (Å²) < 4.78 is 0. The first-order valence-corrected chi connectivity index (χ1v) is 5.44. The van der Waals surface area contributed by atoms with E-state index in [4.69, 9.17) is 0 Å². The van der Waals surface area contributed by atoms with Crippen LogP contribution in [0.1, 0.15) is 24.3 Å². The molecule has 0 bridgehead atoms. The normalized spacial score (nSPS) is 22.2. The molecular weight excluding hydrogens is 194 g/mol. The van der Waals surface area contributed by atoms with Crippen molar-refractivity contribution in [3.8, 4) is 5.75 Å². The highest BCUT2D eigenvalue weighted by Gasteiger charge is 2.17. The SMILES string of the molecule is Oc1cc(S)ccc1C1CCCNC1. The molecule has 0 saturated carbocycles. The third kappa shape index (κ3) is 2.04. The largest absolute Gasteiger partial charge is 0.508 e. The molecule has 3 heteroatoms. The predicted molar refractivity (Wildman–Crippen MR) is 60.2 cm³/mol. The molecule has 2 nitrogen and oxygen atoms in total. The number of phenols is 1. The molecular formula is C11H15NOS. The Kier molecular flexibility index (Phi) is 2.99. The first-order chi connectivity index (χ1) is 6.77. The van der Waals surface area contributed by atoms with Crippen LogP contribution in [0.4, 0.5) is 0 Å². The molecule has 1 saturated heterocycles. The van der Waals surface area contributed by atoms with Crippen LogP contribution in [0.15, 0.2) is 23.1 Å². The number of phenolic OH excluding ortho intramolecular Hbond substituents is 1. The van der Waals surface area contributed by atoms with Gasteiger partial charge in [-0.05, 0) is 37.1 Å². The van der Waals surface area contributed by atoms with Crippen LogP contribution in [0.25, 0.3) is 0 Å². The standard InChI is InChI=1S/C11H15NOS/c13-11-6-9(14)3-4-10(11)8-2-1-5-12-7-8/h3-4,6,8,12-14H,1-2,5,7H2. The molecule has 1 fully saturated rings. The Morgan fingerprint density at radius 1 is 1.43 bits per heavy atom. The van der Waals surface area contributed by atoms with E-state index in [9.17, 15) is 5.11 Å². The molecule has 2 rings (SSSR count). The van der Waals surface area contributed by atoms with E-state index < -0.39 is 0 Å². The first kappa shape index (κ1) is 9.87. The lowest BCUT2D eigenvalue weighted by Gasteiger charge is -2.23. The Morgan fingerprint density at radius 3 is 2.93 bits per heavy atom. The number of aromatic hydroxyl groups is 1. The maximum absolute atomic E-state index is 9.77. The average Bonchev–Trinajstić information content (AvgIpc) is 2.19. The van der Waals surface area contributed by atoms with E-state index in [1.165, 1.54) is 6.42 Å². The van der Waals surface area contributed by atoms with Gasteiger partial charge in [0.2, 0.25) is 0 Å². The minimum atomic E-state index is 0.381. The van der Waals surface area contributed by atoms with Crippen LogP contribution in [0.3, 0.4) is 0 Å². The van der Waals surface area contributed by atoms with Gasteiger partial charge in [-0.25, -0.2) is 0 Å². The molecule has 1 aliphatic rings. The van der Waals surface area contributed by atoms with Gasteiger partial charge in [0.15, 0.2) is 0 Å². The van der Waals surface area contributed by atoms with Crippen molar-refractivity contribution in [3.63, 3.8) is 0 Å². The van der Waals surface area contributed by atoms with Gasteiger partial charge < -0.3 is 10.4 Å². The smallest absolute Gasteiger partial charge is 0.120 e. The highest BCUT2D eigenvalue weighted by Crippen LogP contribution is 2.31. The highest BCUT2D eigenvalue weighted by molar-refractivity contribution is 7.80. The summed E-state index contributed by atoms with van der Waals surface area (Å²) in [5.74, 6) is 0.837. The molecule has 1 atom stereocenters. The van der Waals surface area contributed by atoms with Gasteiger partial charge in [-0.15, -0.1) is 12.6 Å². The number of rotatable bonds is 1. The number of thiol groups is 1. The summed E-state index contributed by atoms with van der Waals surface area (Å²) in [6, 6.07) is 5.63. The second-order valence-electron chi connectivity index (χ2n) is 3.79. The van der Waals surface area contributed by atoms with Crippen molar-refractivity contribution in [2.45, 2.75) is 23.7 Å². The zero-order valence-electron chi connectivity index (χ0n) is 8.03. The zero-order valence-corrected chi connectivity index (χ0v) is 8.93. The maximum atomic E-state index is 9.77. The number of piperidine rings is 1. The molecule has 2 N–H and O–H groups in total. The lowest BCUT2D eigenvalue weighted by molar-refractivity contribution is 0.424. The van der Waals surface area contributed by atoms with Gasteiger partial charge in [0.1, 0.15) is 5.75 Å². The second kappa shape index (κ2) is 4.24. The van der Waals surface area contributed by atoms with Gasteiger partial charge in [-0.1, -0.05) is 6.07 Å². The molecule has 0 aliphatic carbocycles. The van der Waals surface area contributed by atoms with E-state index in [0.717, 1.165) is 30.0 Å². The molecule has 1 aromatic rings. The van der Waals surface area contributed by atoms with E-state index in [-0.39, 0.29) is 0 Å². The quantitative estimate of drug-likeness (QED) is 0.619. The van der Waals surface area contributed by atoms with Crippen LogP contribution in [0.5, 0.6) is 5.75 Å². The first-order valence-electron chi connectivity index (χ1n) is 5.00. The van der Waals surface area contributed by atoms with Crippen molar-refractivity contribution in [2.24, 2.45) is 0 Å². The van der Waals surface area contributed by atoms with Crippen molar-refractivity contribution < 1.29 is 5.11 Å². The van der Waals surface area contributed by atoms with Gasteiger partial charge in [0.05, 0.1) is 0 Å². The van der Waals surface area contributed by atoms with Crippen molar-refractivity contribution in [1.29, 1.82) is 0 Å². The van der Waals surface area contributed by atoms with E-state index in [2.05, 4.69) is 17.9 Å². The topological polar surface area (TPSA) is 32.3 Å². The molecule has 1 aliphatic heterocycles. The average molecular weight is 209 g/mol. The third-order valence-corrected chi connectivity index (χ3v) is 3.03. The van der Waals surface area contributed by atoms with Crippen LogP contribution < -0.4 is 5.32 Å². The third-order valence-electron chi connectivity index (χ3n) is 2.75. The molecule has 0 aromatic heterocycles. The van der Waals surface area contributed by atoms with Crippen LogP contribution >= 0.6 is 12.6 Å². The number of hydrogen-bond donors (Lipinski definition) is 3. The van der Waals surface area contributed by atoms with Crippen molar-refractivity contribution >= 4 is 12.6 Å². The number of benzene rings is 1. The maximum Gasteiger partial charge on any atom is 0.120 e. The Bertz CT molecular complexity index is 321. The lowest BCUT2D eigenvalue weighted by Crippen LogP contribution is -2.28. The predicted octanol–water partition coefficient (Wildman–Crippen LogP) is 2.15. The van der Waals surface area contributed by atoms with Gasteiger partial charge in [-0.3, -0.25) is 0 Å². The van der Waals surface area contributed by atoms with E-state index in [1.807, 2.05) is 12.1 Å². The molecule has 1 heterocycles. The Balaban J connectivity index is 2.22. The molecule has 14 heavy (non-hydrogen) atoms. The Hall–Kier alpha value is -0.670. The second-order valence-corrected chi connectivity index (χ2v) is 4.30. The summed E-state index contributed by atoms with van der Waals surface area (Å²) >= 11 is 4.19. The fourth-order valence-electron chi connectivity index (χ4n) is 1.99. The van der Waals surface area contributed by atoms with Gasteiger partial charge >= 0.3 is 0 Å². The van der Waals surface area contributed by atoms with Gasteiger partial charge in [0.25, 0.3) is 0 Å². The summed E-state index contributed by atoms with van der Waals surface area (Å²) in [6.07, 6.45) is 2.35. The minimum absolute atomic E-state index is 0.381. The fourth-order valence-corrected chi connectivity index (χ4v) is 2.19. The van der Waals surface area contributed by atoms with Crippen LogP contribution in [-0.2, 0) is 0 Å². The van der Waals surface area contributed by atoms with E-state index in [0.29, 0.717) is 11.7 Å². The van der Waals surface area contributed by atoms with E-state index in [1.54, 1.807) is 6.07 Å². The van der Waals surface area contributed by atoms with Crippen molar-refractivity contribution in [2.75, 3.05) is 13.1 Å². The van der Waals surface area contributed by atoms with Crippen LogP contribution in [0.2, 0.25) is 0 Å². The lowest BCUT2D eigenvalue weighted by atomic mass is 9.91. The number of nitrogens with one attached hydrogen (secondary N) is 1.